The topological polar surface area (TPSA) is 0 Å². The molecule has 0 saturated carbocycles. The SMILES string of the molecule is [B](c1ccc2cc3ccccc3cc2c1)c1ccc2cc3ccccc3cc2c1. The summed E-state index contributed by atoms with van der Waals surface area (Å²) >= 11 is 0. The number of rotatable bonds is 2. The summed E-state index contributed by atoms with van der Waals surface area (Å²) in [4.78, 5) is 0. The van der Waals surface area contributed by atoms with Gasteiger partial charge in [0.05, 0.1) is 0 Å². The maximum absolute atomic E-state index is 2.29. The van der Waals surface area contributed by atoms with Gasteiger partial charge in [0.25, 0.3) is 0 Å². The van der Waals surface area contributed by atoms with Crippen LogP contribution in [0.1, 0.15) is 0 Å². The quantitative estimate of drug-likeness (QED) is 0.263. The molecular weight excluding hydrogens is 347 g/mol. The van der Waals surface area contributed by atoms with Gasteiger partial charge in [0.15, 0.2) is 7.28 Å². The van der Waals surface area contributed by atoms with Crippen LogP contribution < -0.4 is 10.9 Å². The fraction of sp³-hybridized carbons (Fsp3) is 0. The van der Waals surface area contributed by atoms with Crippen molar-refractivity contribution in [3.63, 3.8) is 0 Å². The molecule has 0 unspecified atom stereocenters. The molecule has 0 aliphatic carbocycles. The van der Waals surface area contributed by atoms with Gasteiger partial charge in [-0.3, -0.25) is 0 Å². The number of fused-ring (bicyclic) bond motifs is 4. The highest BCUT2D eigenvalue weighted by Crippen LogP contribution is 2.23. The van der Waals surface area contributed by atoms with Gasteiger partial charge in [-0.15, -0.1) is 0 Å². The zero-order valence-electron chi connectivity index (χ0n) is 16.0. The Hall–Kier alpha value is -3.58. The second-order valence-corrected chi connectivity index (χ2v) is 7.76. The number of hydrogen-bond donors (Lipinski definition) is 0. The summed E-state index contributed by atoms with van der Waals surface area (Å²) in [5, 5.41) is 10.3. The Kier molecular flexibility index (Phi) is 3.67. The molecule has 0 N–H and O–H groups in total. The average Bonchev–Trinajstić information content (AvgIpc) is 2.76. The molecule has 0 heterocycles. The molecule has 29 heavy (non-hydrogen) atoms. The van der Waals surface area contributed by atoms with E-state index in [9.17, 15) is 0 Å². The van der Waals surface area contributed by atoms with Crippen LogP contribution in [0.2, 0.25) is 0 Å². The van der Waals surface area contributed by atoms with Crippen molar-refractivity contribution < 1.29 is 0 Å². The minimum absolute atomic E-state index is 1.23. The lowest BCUT2D eigenvalue weighted by molar-refractivity contribution is 1.78. The lowest BCUT2D eigenvalue weighted by Gasteiger charge is -2.07. The minimum atomic E-state index is 1.23. The highest BCUT2D eigenvalue weighted by atomic mass is 14.0. The molecule has 1 heteroatoms. The molecule has 1 radical (unpaired) electrons. The van der Waals surface area contributed by atoms with E-state index in [1.807, 2.05) is 0 Å². The van der Waals surface area contributed by atoms with Gasteiger partial charge < -0.3 is 0 Å². The first-order valence-electron chi connectivity index (χ1n) is 10.0. The van der Waals surface area contributed by atoms with Crippen LogP contribution in [-0.2, 0) is 0 Å². The highest BCUT2D eigenvalue weighted by molar-refractivity contribution is 6.67. The van der Waals surface area contributed by atoms with Crippen molar-refractivity contribution in [2.45, 2.75) is 0 Å². The highest BCUT2D eigenvalue weighted by Gasteiger charge is 2.05. The summed E-state index contributed by atoms with van der Waals surface area (Å²) < 4.78 is 0. The molecule has 0 nitrogen and oxygen atoms in total. The lowest BCUT2D eigenvalue weighted by atomic mass is 9.63. The van der Waals surface area contributed by atoms with E-state index in [0.717, 1.165) is 0 Å². The molecule has 0 amide bonds. The largest absolute Gasteiger partial charge is 0.191 e. The molecule has 0 aromatic heterocycles. The summed E-state index contributed by atoms with van der Waals surface area (Å²) in [6.45, 7) is 0. The molecule has 133 valence electrons. The molecule has 0 aliphatic heterocycles. The van der Waals surface area contributed by atoms with E-state index in [2.05, 4.69) is 116 Å². The summed E-state index contributed by atoms with van der Waals surface area (Å²) in [6.07, 6.45) is 0. The van der Waals surface area contributed by atoms with Crippen molar-refractivity contribution in [3.8, 4) is 0 Å². The Balaban J connectivity index is 1.40. The number of hydrogen-bond acceptors (Lipinski definition) is 0. The predicted octanol–water partition coefficient (Wildman–Crippen LogP) is 5.95. The maximum Gasteiger partial charge on any atom is 0.191 e. The van der Waals surface area contributed by atoms with Crippen LogP contribution in [0.5, 0.6) is 0 Å². The van der Waals surface area contributed by atoms with Crippen LogP contribution in [0.3, 0.4) is 0 Å². The Morgan fingerprint density at radius 1 is 0.310 bits per heavy atom. The van der Waals surface area contributed by atoms with Crippen LogP contribution >= 0.6 is 0 Å². The van der Waals surface area contributed by atoms with Gasteiger partial charge in [0.2, 0.25) is 0 Å². The van der Waals surface area contributed by atoms with Gasteiger partial charge in [0.1, 0.15) is 0 Å². The van der Waals surface area contributed by atoms with Crippen molar-refractivity contribution in [2.75, 3.05) is 0 Å². The second kappa shape index (κ2) is 6.50. The average molecular weight is 365 g/mol. The molecule has 0 atom stereocenters. The van der Waals surface area contributed by atoms with Gasteiger partial charge in [-0.1, -0.05) is 95.9 Å². The molecule has 6 aromatic rings. The smallest absolute Gasteiger partial charge is 0.0808 e. The molecule has 0 aliphatic rings. The van der Waals surface area contributed by atoms with Crippen LogP contribution in [0.4, 0.5) is 0 Å². The predicted molar refractivity (Wildman–Crippen MR) is 128 cm³/mol. The van der Waals surface area contributed by atoms with Crippen LogP contribution in [-0.4, -0.2) is 7.28 Å². The number of benzene rings is 6. The van der Waals surface area contributed by atoms with Crippen molar-refractivity contribution in [1.29, 1.82) is 0 Å². The van der Waals surface area contributed by atoms with E-state index < -0.39 is 0 Å². The van der Waals surface area contributed by atoms with E-state index in [1.165, 1.54) is 54.0 Å². The lowest BCUT2D eigenvalue weighted by Crippen LogP contribution is -2.26. The molecule has 0 bridgehead atoms. The van der Waals surface area contributed by atoms with E-state index >= 15 is 0 Å². The van der Waals surface area contributed by atoms with Crippen LogP contribution in [0.15, 0.2) is 109 Å². The molecule has 0 saturated heterocycles. The van der Waals surface area contributed by atoms with Gasteiger partial charge >= 0.3 is 0 Å². The first kappa shape index (κ1) is 16.4. The molecule has 0 spiro atoms. The monoisotopic (exact) mass is 365 g/mol. The Labute approximate surface area is 170 Å². The fourth-order valence-electron chi connectivity index (χ4n) is 4.29. The van der Waals surface area contributed by atoms with E-state index in [0.29, 0.717) is 0 Å². The summed E-state index contributed by atoms with van der Waals surface area (Å²) in [7, 11) is 2.27. The fourth-order valence-corrected chi connectivity index (χ4v) is 4.29. The summed E-state index contributed by atoms with van der Waals surface area (Å²) in [5.74, 6) is 0. The van der Waals surface area contributed by atoms with Crippen molar-refractivity contribution in [3.05, 3.63) is 109 Å². The Morgan fingerprint density at radius 3 is 1.07 bits per heavy atom. The zero-order valence-corrected chi connectivity index (χ0v) is 16.0. The molecule has 6 rings (SSSR count). The third-order valence-corrected chi connectivity index (χ3v) is 5.79. The summed E-state index contributed by atoms with van der Waals surface area (Å²) in [5.41, 5.74) is 2.46. The Morgan fingerprint density at radius 2 is 0.655 bits per heavy atom. The van der Waals surface area contributed by atoms with Gasteiger partial charge in [-0.2, -0.15) is 0 Å². The molecular formula is C28H18B. The normalized spacial score (nSPS) is 11.4. The first-order valence-corrected chi connectivity index (χ1v) is 10.0. The summed E-state index contributed by atoms with van der Waals surface area (Å²) in [6, 6.07) is 39.7. The zero-order chi connectivity index (χ0) is 19.2. The van der Waals surface area contributed by atoms with Crippen LogP contribution in [0.25, 0.3) is 43.1 Å². The van der Waals surface area contributed by atoms with Gasteiger partial charge in [-0.25, -0.2) is 0 Å². The minimum Gasteiger partial charge on any atom is -0.0808 e. The standard InChI is InChI=1S/C28H18B/c1-3-7-21-15-25-17-27(11-9-23(25)13-19(21)5-1)29-28-12-10-24-14-20-6-2-4-8-22(20)16-26(24)18-28/h1-18H. The van der Waals surface area contributed by atoms with Crippen molar-refractivity contribution in [2.24, 2.45) is 0 Å². The van der Waals surface area contributed by atoms with Gasteiger partial charge in [-0.05, 0) is 67.4 Å². The van der Waals surface area contributed by atoms with Crippen molar-refractivity contribution >= 4 is 61.3 Å². The van der Waals surface area contributed by atoms with E-state index in [-0.39, 0.29) is 0 Å². The molecule has 6 aromatic carbocycles. The third kappa shape index (κ3) is 2.96. The maximum atomic E-state index is 2.29. The molecule has 0 fully saturated rings. The van der Waals surface area contributed by atoms with E-state index in [4.69, 9.17) is 0 Å². The van der Waals surface area contributed by atoms with Crippen molar-refractivity contribution in [1.82, 2.24) is 0 Å². The van der Waals surface area contributed by atoms with E-state index in [1.54, 1.807) is 0 Å². The first-order chi connectivity index (χ1) is 14.3. The Bertz CT molecular complexity index is 1410. The third-order valence-electron chi connectivity index (χ3n) is 5.79. The van der Waals surface area contributed by atoms with Crippen LogP contribution in [0, 0.1) is 0 Å². The second-order valence-electron chi connectivity index (χ2n) is 7.76. The van der Waals surface area contributed by atoms with Gasteiger partial charge in [0, 0.05) is 0 Å².